The van der Waals surface area contributed by atoms with Gasteiger partial charge in [0.05, 0.1) is 5.52 Å². The van der Waals surface area contributed by atoms with Gasteiger partial charge in [0, 0.05) is 17.6 Å². The van der Waals surface area contributed by atoms with E-state index in [1.54, 1.807) is 0 Å². The number of hydrogen-bond donors (Lipinski definition) is 1. The van der Waals surface area contributed by atoms with E-state index in [4.69, 9.17) is 0 Å². The van der Waals surface area contributed by atoms with Crippen LogP contribution in [0.15, 0.2) is 36.5 Å². The summed E-state index contributed by atoms with van der Waals surface area (Å²) in [4.78, 5) is 4.53. The maximum Gasteiger partial charge on any atom is 0.0702 e. The van der Waals surface area contributed by atoms with Crippen LogP contribution in [0.1, 0.15) is 32.8 Å². The Bertz CT molecular complexity index is 540. The van der Waals surface area contributed by atoms with Crippen molar-refractivity contribution in [3.8, 4) is 0 Å². The molecule has 2 aromatic rings. The van der Waals surface area contributed by atoms with Gasteiger partial charge in [0.1, 0.15) is 0 Å². The largest absolute Gasteiger partial charge is 0.316 e. The first-order valence-electron chi connectivity index (χ1n) is 7.01. The van der Waals surface area contributed by atoms with E-state index in [0.29, 0.717) is 11.5 Å². The smallest absolute Gasteiger partial charge is 0.0702 e. The fourth-order valence-electron chi connectivity index (χ4n) is 2.57. The molecule has 0 amide bonds. The van der Waals surface area contributed by atoms with Crippen LogP contribution in [0.4, 0.5) is 0 Å². The fraction of sp³-hybridized carbons (Fsp3) is 0.471. The average molecular weight is 256 g/mol. The van der Waals surface area contributed by atoms with Gasteiger partial charge in [-0.05, 0) is 43.0 Å². The number of nitrogens with zero attached hydrogens (tertiary/aromatic N) is 1. The summed E-state index contributed by atoms with van der Waals surface area (Å²) >= 11 is 0. The van der Waals surface area contributed by atoms with Crippen LogP contribution in [0.5, 0.6) is 0 Å². The minimum absolute atomic E-state index is 0.291. The van der Waals surface area contributed by atoms with Crippen molar-refractivity contribution in [1.82, 2.24) is 10.3 Å². The van der Waals surface area contributed by atoms with Crippen LogP contribution in [0.2, 0.25) is 0 Å². The quantitative estimate of drug-likeness (QED) is 0.900. The zero-order chi connectivity index (χ0) is 13.9. The number of para-hydroxylation sites is 1. The molecule has 102 valence electrons. The van der Waals surface area contributed by atoms with Gasteiger partial charge in [-0.1, -0.05) is 39.0 Å². The topological polar surface area (TPSA) is 24.9 Å². The number of aromatic nitrogens is 1. The van der Waals surface area contributed by atoms with Crippen molar-refractivity contribution in [1.29, 1.82) is 0 Å². The number of aryl methyl sites for hydroxylation is 1. The van der Waals surface area contributed by atoms with E-state index in [1.165, 1.54) is 10.9 Å². The summed E-state index contributed by atoms with van der Waals surface area (Å²) in [5.41, 5.74) is 2.69. The number of hydrogen-bond acceptors (Lipinski definition) is 2. The summed E-state index contributed by atoms with van der Waals surface area (Å²) < 4.78 is 0. The molecule has 0 aliphatic rings. The molecule has 19 heavy (non-hydrogen) atoms. The molecule has 2 nitrogen and oxygen atoms in total. The second kappa shape index (κ2) is 5.70. The van der Waals surface area contributed by atoms with Gasteiger partial charge < -0.3 is 5.32 Å². The minimum Gasteiger partial charge on any atom is -0.316 e. The van der Waals surface area contributed by atoms with Crippen molar-refractivity contribution in [2.75, 3.05) is 7.05 Å². The summed E-state index contributed by atoms with van der Waals surface area (Å²) in [6.45, 7) is 6.85. The van der Waals surface area contributed by atoms with Crippen LogP contribution in [-0.4, -0.2) is 18.1 Å². The van der Waals surface area contributed by atoms with Crippen LogP contribution >= 0.6 is 0 Å². The summed E-state index contributed by atoms with van der Waals surface area (Å²) in [5, 5.41) is 4.66. The Balaban J connectivity index is 2.09. The van der Waals surface area contributed by atoms with E-state index in [1.807, 2.05) is 12.3 Å². The highest BCUT2D eigenvalue weighted by molar-refractivity contribution is 5.78. The van der Waals surface area contributed by atoms with Gasteiger partial charge in [0.2, 0.25) is 0 Å². The molecule has 1 aromatic heterocycles. The van der Waals surface area contributed by atoms with Gasteiger partial charge in [-0.25, -0.2) is 0 Å². The van der Waals surface area contributed by atoms with Gasteiger partial charge in [-0.15, -0.1) is 0 Å². The molecule has 1 unspecified atom stereocenters. The first kappa shape index (κ1) is 14.0. The first-order valence-corrected chi connectivity index (χ1v) is 7.01. The van der Waals surface area contributed by atoms with Crippen LogP contribution in [-0.2, 0) is 6.42 Å². The molecule has 0 aliphatic carbocycles. The maximum absolute atomic E-state index is 4.53. The van der Waals surface area contributed by atoms with Gasteiger partial charge >= 0.3 is 0 Å². The Morgan fingerprint density at radius 1 is 1.21 bits per heavy atom. The fourth-order valence-corrected chi connectivity index (χ4v) is 2.57. The van der Waals surface area contributed by atoms with Crippen molar-refractivity contribution >= 4 is 10.9 Å². The standard InChI is InChI=1S/C17H24N2/c1-17(2,3)16(18-4)10-9-13-11-14-7-5-6-8-15(14)19-12-13/h5-8,11-12,16,18H,9-10H2,1-4H3. The van der Waals surface area contributed by atoms with Gasteiger partial charge in [0.25, 0.3) is 0 Å². The SMILES string of the molecule is CNC(CCc1cnc2ccccc2c1)C(C)(C)C. The second-order valence-electron chi connectivity index (χ2n) is 6.28. The van der Waals surface area contributed by atoms with Crippen molar-refractivity contribution < 1.29 is 0 Å². The summed E-state index contributed by atoms with van der Waals surface area (Å²) in [6, 6.07) is 11.1. The predicted octanol–water partition coefficient (Wildman–Crippen LogP) is 3.80. The number of pyridine rings is 1. The lowest BCUT2D eigenvalue weighted by molar-refractivity contribution is 0.268. The van der Waals surface area contributed by atoms with Crippen LogP contribution in [0.3, 0.4) is 0 Å². The van der Waals surface area contributed by atoms with Crippen LogP contribution in [0.25, 0.3) is 10.9 Å². The lowest BCUT2D eigenvalue weighted by Gasteiger charge is -2.30. The number of fused-ring (bicyclic) bond motifs is 1. The molecule has 2 heteroatoms. The number of nitrogens with one attached hydrogen (secondary N) is 1. The third kappa shape index (κ3) is 3.54. The number of rotatable bonds is 4. The molecule has 1 heterocycles. The first-order chi connectivity index (χ1) is 9.00. The Hall–Kier alpha value is -1.41. The summed E-state index contributed by atoms with van der Waals surface area (Å²) in [5.74, 6) is 0. The van der Waals surface area contributed by atoms with E-state index in [-0.39, 0.29) is 0 Å². The zero-order valence-electron chi connectivity index (χ0n) is 12.4. The highest BCUT2D eigenvalue weighted by atomic mass is 14.9. The highest BCUT2D eigenvalue weighted by Gasteiger charge is 2.22. The van der Waals surface area contributed by atoms with E-state index in [0.717, 1.165) is 18.4 Å². The lowest BCUT2D eigenvalue weighted by atomic mass is 9.83. The molecule has 0 saturated carbocycles. The molecule has 1 N–H and O–H groups in total. The van der Waals surface area contributed by atoms with E-state index >= 15 is 0 Å². The summed E-state index contributed by atoms with van der Waals surface area (Å²) in [7, 11) is 2.05. The number of benzene rings is 1. The van der Waals surface area contributed by atoms with Crippen molar-refractivity contribution in [2.24, 2.45) is 5.41 Å². The molecule has 1 aromatic carbocycles. The van der Waals surface area contributed by atoms with Gasteiger partial charge in [-0.2, -0.15) is 0 Å². The Morgan fingerprint density at radius 3 is 2.63 bits per heavy atom. The third-order valence-electron chi connectivity index (χ3n) is 3.76. The molecular weight excluding hydrogens is 232 g/mol. The molecule has 0 bridgehead atoms. The van der Waals surface area contributed by atoms with Gasteiger partial charge in [0.15, 0.2) is 0 Å². The predicted molar refractivity (Wildman–Crippen MR) is 82.4 cm³/mol. The highest BCUT2D eigenvalue weighted by Crippen LogP contribution is 2.23. The van der Waals surface area contributed by atoms with Crippen molar-refractivity contribution in [3.05, 3.63) is 42.1 Å². The minimum atomic E-state index is 0.291. The van der Waals surface area contributed by atoms with Crippen LogP contribution < -0.4 is 5.32 Å². The Morgan fingerprint density at radius 2 is 1.95 bits per heavy atom. The molecule has 0 radical (unpaired) electrons. The molecule has 0 aliphatic heterocycles. The normalized spacial score (nSPS) is 13.7. The molecule has 0 spiro atoms. The maximum atomic E-state index is 4.53. The second-order valence-corrected chi connectivity index (χ2v) is 6.28. The molecule has 1 atom stereocenters. The molecular formula is C17H24N2. The molecule has 0 fully saturated rings. The molecule has 2 rings (SSSR count). The van der Waals surface area contributed by atoms with Crippen molar-refractivity contribution in [3.63, 3.8) is 0 Å². The van der Waals surface area contributed by atoms with Gasteiger partial charge in [-0.3, -0.25) is 4.98 Å². The Kier molecular flexibility index (Phi) is 4.20. The van der Waals surface area contributed by atoms with Crippen LogP contribution in [0, 0.1) is 5.41 Å². The average Bonchev–Trinajstić information content (AvgIpc) is 2.37. The zero-order valence-corrected chi connectivity index (χ0v) is 12.4. The third-order valence-corrected chi connectivity index (χ3v) is 3.76. The van der Waals surface area contributed by atoms with E-state index < -0.39 is 0 Å². The van der Waals surface area contributed by atoms with E-state index in [2.05, 4.69) is 62.4 Å². The van der Waals surface area contributed by atoms with E-state index in [9.17, 15) is 0 Å². The monoisotopic (exact) mass is 256 g/mol. The lowest BCUT2D eigenvalue weighted by Crippen LogP contribution is -2.38. The molecule has 0 saturated heterocycles. The Labute approximate surface area is 116 Å². The summed E-state index contributed by atoms with van der Waals surface area (Å²) in [6.07, 6.45) is 4.22. The van der Waals surface area contributed by atoms with Crippen molar-refractivity contribution in [2.45, 2.75) is 39.7 Å².